The van der Waals surface area contributed by atoms with E-state index in [9.17, 15) is 4.79 Å². The van der Waals surface area contributed by atoms with Gasteiger partial charge in [0.1, 0.15) is 12.4 Å². The molecule has 0 radical (unpaired) electrons. The van der Waals surface area contributed by atoms with E-state index < -0.39 is 0 Å². The lowest BCUT2D eigenvalue weighted by molar-refractivity contribution is 0.178. The molecule has 2 aromatic heterocycles. The van der Waals surface area contributed by atoms with Gasteiger partial charge in [0.15, 0.2) is 5.82 Å². The predicted molar refractivity (Wildman–Crippen MR) is 98.2 cm³/mol. The van der Waals surface area contributed by atoms with Crippen LogP contribution in [0, 0.1) is 0 Å². The number of aryl methyl sites for hydroxylation is 2. The maximum absolute atomic E-state index is 12.4. The highest BCUT2D eigenvalue weighted by atomic mass is 16.5. The quantitative estimate of drug-likeness (QED) is 0.886. The van der Waals surface area contributed by atoms with Crippen LogP contribution in [0.1, 0.15) is 55.2 Å². The molecular weight excluding hydrogens is 330 g/mol. The lowest BCUT2D eigenvalue weighted by atomic mass is 9.91. The summed E-state index contributed by atoms with van der Waals surface area (Å²) < 4.78 is 6.82. The van der Waals surface area contributed by atoms with E-state index in [0.29, 0.717) is 18.5 Å². The summed E-state index contributed by atoms with van der Waals surface area (Å²) in [6, 6.07) is 4.26. The van der Waals surface area contributed by atoms with Crippen molar-refractivity contribution in [3.63, 3.8) is 0 Å². The van der Waals surface area contributed by atoms with Gasteiger partial charge in [-0.05, 0) is 56.6 Å². The first kappa shape index (κ1) is 17.1. The van der Waals surface area contributed by atoms with Crippen LogP contribution in [0.5, 0.6) is 0 Å². The van der Waals surface area contributed by atoms with E-state index in [1.807, 2.05) is 6.07 Å². The number of hydrogen-bond acceptors (Lipinski definition) is 6. The molecule has 7 heteroatoms. The van der Waals surface area contributed by atoms with Gasteiger partial charge in [-0.25, -0.2) is 14.6 Å². The Labute approximate surface area is 152 Å². The Morgan fingerprint density at radius 2 is 2.12 bits per heavy atom. The summed E-state index contributed by atoms with van der Waals surface area (Å²) in [6.45, 7) is 0.412. The van der Waals surface area contributed by atoms with Crippen molar-refractivity contribution in [1.29, 1.82) is 0 Å². The molecule has 2 aliphatic carbocycles. The third kappa shape index (κ3) is 3.62. The van der Waals surface area contributed by atoms with Crippen LogP contribution in [0.25, 0.3) is 0 Å². The smallest absolute Gasteiger partial charge is 0.267 e. The number of rotatable bonds is 5. The fourth-order valence-electron chi connectivity index (χ4n) is 4.03. The highest BCUT2D eigenvalue weighted by molar-refractivity contribution is 5.34. The third-order valence-corrected chi connectivity index (χ3v) is 5.36. The van der Waals surface area contributed by atoms with E-state index in [4.69, 9.17) is 4.74 Å². The largest absolute Gasteiger partial charge is 0.377 e. The fourth-order valence-corrected chi connectivity index (χ4v) is 4.03. The number of fused-ring (bicyclic) bond motifs is 1. The van der Waals surface area contributed by atoms with Gasteiger partial charge in [0.2, 0.25) is 0 Å². The van der Waals surface area contributed by atoms with Crippen LogP contribution in [0.4, 0.5) is 5.82 Å². The van der Waals surface area contributed by atoms with Gasteiger partial charge in [0, 0.05) is 25.4 Å². The molecule has 0 saturated heterocycles. The Morgan fingerprint density at radius 3 is 2.92 bits per heavy atom. The molecule has 0 amide bonds. The molecule has 7 nitrogen and oxygen atoms in total. The van der Waals surface area contributed by atoms with Gasteiger partial charge in [0.25, 0.3) is 5.56 Å². The third-order valence-electron chi connectivity index (χ3n) is 5.36. The van der Waals surface area contributed by atoms with E-state index in [1.54, 1.807) is 24.1 Å². The summed E-state index contributed by atoms with van der Waals surface area (Å²) in [5, 5.41) is 8.16. The van der Waals surface area contributed by atoms with Gasteiger partial charge >= 0.3 is 0 Å². The predicted octanol–water partition coefficient (Wildman–Crippen LogP) is 2.26. The summed E-state index contributed by atoms with van der Waals surface area (Å²) >= 11 is 0. The normalized spacial score (nSPS) is 22.2. The van der Waals surface area contributed by atoms with Gasteiger partial charge in [-0.1, -0.05) is 0 Å². The number of ether oxygens (including phenoxy) is 1. The van der Waals surface area contributed by atoms with E-state index in [0.717, 1.165) is 62.0 Å². The van der Waals surface area contributed by atoms with Crippen LogP contribution in [0.15, 0.2) is 23.1 Å². The van der Waals surface area contributed by atoms with Crippen molar-refractivity contribution in [3.8, 4) is 0 Å². The standard InChI is InChI=1S/C19H25N5O2/c1-26-12-18-20-10-9-17(22-18)21-14-5-7-15(8-6-14)24-19(25)11-13-3-2-4-16(13)23-24/h9-11,14-15H,2-8,12H2,1H3,(H,20,21,22). The average Bonchev–Trinajstić information content (AvgIpc) is 3.10. The first-order valence-corrected chi connectivity index (χ1v) is 9.42. The maximum Gasteiger partial charge on any atom is 0.267 e. The number of nitrogens with one attached hydrogen (secondary N) is 1. The average molecular weight is 355 g/mol. The summed E-state index contributed by atoms with van der Waals surface area (Å²) in [5.74, 6) is 1.52. The molecule has 26 heavy (non-hydrogen) atoms. The second-order valence-electron chi connectivity index (χ2n) is 7.19. The zero-order valence-corrected chi connectivity index (χ0v) is 15.1. The van der Waals surface area contributed by atoms with Crippen molar-refractivity contribution in [2.24, 2.45) is 0 Å². The fraction of sp³-hybridized carbons (Fsp3) is 0.579. The second kappa shape index (κ2) is 7.53. The lowest BCUT2D eigenvalue weighted by Gasteiger charge is -2.30. The summed E-state index contributed by atoms with van der Waals surface area (Å²) in [4.78, 5) is 21.1. The van der Waals surface area contributed by atoms with Crippen molar-refractivity contribution in [2.75, 3.05) is 12.4 Å². The van der Waals surface area contributed by atoms with E-state index >= 15 is 0 Å². The van der Waals surface area contributed by atoms with Crippen molar-refractivity contribution >= 4 is 5.82 Å². The number of nitrogens with zero attached hydrogens (tertiary/aromatic N) is 4. The minimum atomic E-state index is 0.0575. The van der Waals surface area contributed by atoms with Crippen LogP contribution < -0.4 is 10.9 Å². The topological polar surface area (TPSA) is 81.9 Å². The summed E-state index contributed by atoms with van der Waals surface area (Å²) in [7, 11) is 1.64. The molecule has 0 unspecified atom stereocenters. The Balaban J connectivity index is 1.39. The first-order valence-electron chi connectivity index (χ1n) is 9.42. The molecule has 1 saturated carbocycles. The zero-order chi connectivity index (χ0) is 17.9. The molecule has 0 aliphatic heterocycles. The van der Waals surface area contributed by atoms with Crippen molar-refractivity contribution in [1.82, 2.24) is 19.7 Å². The van der Waals surface area contributed by atoms with E-state index in [1.165, 1.54) is 0 Å². The lowest BCUT2D eigenvalue weighted by Crippen LogP contribution is -2.34. The molecule has 2 aliphatic rings. The number of anilines is 1. The highest BCUT2D eigenvalue weighted by Gasteiger charge is 2.25. The van der Waals surface area contributed by atoms with Crippen LogP contribution in [0.3, 0.4) is 0 Å². The molecule has 2 aromatic rings. The van der Waals surface area contributed by atoms with Gasteiger partial charge in [-0.3, -0.25) is 4.79 Å². The van der Waals surface area contributed by atoms with E-state index in [-0.39, 0.29) is 11.6 Å². The SMILES string of the molecule is COCc1nccc(NC2CCC(n3nc4c(cc3=O)CCC4)CC2)n1. The molecule has 0 atom stereocenters. The minimum Gasteiger partial charge on any atom is -0.377 e. The molecule has 0 spiro atoms. The van der Waals surface area contributed by atoms with Crippen LogP contribution in [-0.4, -0.2) is 32.9 Å². The molecular formula is C19H25N5O2. The summed E-state index contributed by atoms with van der Waals surface area (Å²) in [5.41, 5.74) is 2.33. The van der Waals surface area contributed by atoms with Gasteiger partial charge in [-0.15, -0.1) is 0 Å². The second-order valence-corrected chi connectivity index (χ2v) is 7.19. The van der Waals surface area contributed by atoms with Crippen LogP contribution in [-0.2, 0) is 24.2 Å². The Morgan fingerprint density at radius 1 is 1.27 bits per heavy atom. The van der Waals surface area contributed by atoms with Crippen LogP contribution >= 0.6 is 0 Å². The van der Waals surface area contributed by atoms with Crippen molar-refractivity contribution in [2.45, 2.75) is 63.6 Å². The van der Waals surface area contributed by atoms with Gasteiger partial charge in [0.05, 0.1) is 11.7 Å². The monoisotopic (exact) mass is 355 g/mol. The molecule has 1 fully saturated rings. The molecule has 2 heterocycles. The molecule has 4 rings (SSSR count). The minimum absolute atomic E-state index is 0.0575. The number of hydrogen-bond donors (Lipinski definition) is 1. The van der Waals surface area contributed by atoms with E-state index in [2.05, 4.69) is 20.4 Å². The number of methoxy groups -OCH3 is 1. The maximum atomic E-state index is 12.4. The Hall–Kier alpha value is -2.28. The van der Waals surface area contributed by atoms with Crippen molar-refractivity contribution in [3.05, 3.63) is 45.8 Å². The summed E-state index contributed by atoms with van der Waals surface area (Å²) in [6.07, 6.45) is 8.79. The molecule has 138 valence electrons. The first-order chi connectivity index (χ1) is 12.7. The number of aromatic nitrogens is 4. The molecule has 0 bridgehead atoms. The highest BCUT2D eigenvalue weighted by Crippen LogP contribution is 2.29. The van der Waals surface area contributed by atoms with Gasteiger partial charge in [-0.2, -0.15) is 5.10 Å². The zero-order valence-electron chi connectivity index (χ0n) is 15.1. The van der Waals surface area contributed by atoms with Gasteiger partial charge < -0.3 is 10.1 Å². The molecule has 1 N–H and O–H groups in total. The van der Waals surface area contributed by atoms with Crippen molar-refractivity contribution < 1.29 is 4.74 Å². The van der Waals surface area contributed by atoms with Crippen LogP contribution in [0.2, 0.25) is 0 Å². The molecule has 0 aromatic carbocycles. The Bertz CT molecular complexity index is 827. The Kier molecular flexibility index (Phi) is 4.97.